The van der Waals surface area contributed by atoms with Crippen molar-refractivity contribution in [3.8, 4) is 39.9 Å². The van der Waals surface area contributed by atoms with Gasteiger partial charge in [0.25, 0.3) is 0 Å². The van der Waals surface area contributed by atoms with Crippen molar-refractivity contribution in [2.45, 2.75) is 0 Å². The van der Waals surface area contributed by atoms with Crippen molar-refractivity contribution in [2.75, 3.05) is 0 Å². The summed E-state index contributed by atoms with van der Waals surface area (Å²) in [5, 5.41) is 11.6. The highest BCUT2D eigenvalue weighted by Gasteiger charge is 2.22. The van der Waals surface area contributed by atoms with E-state index in [1.807, 2.05) is 12.1 Å². The molecule has 0 saturated heterocycles. The van der Waals surface area contributed by atoms with Crippen molar-refractivity contribution in [2.24, 2.45) is 0 Å². The number of hydrogen-bond donors (Lipinski definition) is 0. The molecule has 0 aliphatic rings. The Morgan fingerprint density at radius 3 is 1.86 bits per heavy atom. The van der Waals surface area contributed by atoms with Crippen LogP contribution in [0.4, 0.5) is 0 Å². The Morgan fingerprint density at radius 2 is 1.02 bits per heavy atom. The number of benzene rings is 9. The summed E-state index contributed by atoms with van der Waals surface area (Å²) in [6.07, 6.45) is 0. The summed E-state index contributed by atoms with van der Waals surface area (Å²) in [6.45, 7) is 0. The van der Waals surface area contributed by atoms with E-state index in [9.17, 15) is 0 Å². The molecule has 0 aliphatic heterocycles. The lowest BCUT2D eigenvalue weighted by Crippen LogP contribution is -2.01. The third kappa shape index (κ3) is 5.00. The van der Waals surface area contributed by atoms with Gasteiger partial charge in [-0.15, -0.1) is 11.3 Å². The molecule has 0 N–H and O–H groups in total. The van der Waals surface area contributed by atoms with Crippen molar-refractivity contribution >= 4 is 96.8 Å². The van der Waals surface area contributed by atoms with E-state index >= 15 is 0 Å². The average molecular weight is 771 g/mol. The van der Waals surface area contributed by atoms with Gasteiger partial charge in [-0.25, -0.2) is 15.0 Å². The molecule has 0 saturated carbocycles. The first-order chi connectivity index (χ1) is 29.2. The van der Waals surface area contributed by atoms with Crippen molar-refractivity contribution in [3.63, 3.8) is 0 Å². The topological polar surface area (TPSA) is 56.7 Å². The number of thiophene rings is 1. The number of para-hydroxylation sites is 2. The Bertz CT molecular complexity index is 3870. The predicted molar refractivity (Wildman–Crippen MR) is 246 cm³/mol. The smallest absolute Gasteiger partial charge is 0.167 e. The van der Waals surface area contributed by atoms with Crippen LogP contribution >= 0.6 is 11.3 Å². The molecule has 5 nitrogen and oxygen atoms in total. The van der Waals surface area contributed by atoms with E-state index in [1.54, 1.807) is 11.3 Å². The van der Waals surface area contributed by atoms with Crippen molar-refractivity contribution in [1.29, 1.82) is 0 Å². The van der Waals surface area contributed by atoms with Crippen LogP contribution in [0.15, 0.2) is 186 Å². The Balaban J connectivity index is 1.11. The maximum absolute atomic E-state index is 6.78. The summed E-state index contributed by atoms with van der Waals surface area (Å²) >= 11 is 1.79. The summed E-state index contributed by atoms with van der Waals surface area (Å²) in [5.74, 6) is 1.76. The standard InChI is InChI=1S/C53H30N4OS/c1-2-12-32-25-35(22-21-31(32)11-1)51-54-52(36-23-24-41-40-17-7-10-20-48(40)59-49(41)28-36)56-53(55-51)44-30-37(29-43-39-16-6-9-19-47(39)58-50(43)44)57-45-18-8-5-15-38(45)42-26-33-13-3-4-14-34(33)27-46(42)57/h1-30H. The second-order valence-corrected chi connectivity index (χ2v) is 16.3. The summed E-state index contributed by atoms with van der Waals surface area (Å²) in [5.41, 5.74) is 7.46. The molecule has 0 bridgehead atoms. The van der Waals surface area contributed by atoms with E-state index in [0.717, 1.165) is 66.1 Å². The van der Waals surface area contributed by atoms with E-state index in [2.05, 4.69) is 174 Å². The van der Waals surface area contributed by atoms with Crippen LogP contribution in [0, 0.1) is 0 Å². The van der Waals surface area contributed by atoms with Gasteiger partial charge in [0.15, 0.2) is 17.5 Å². The fraction of sp³-hybridized carbons (Fsp3) is 0. The molecule has 274 valence electrons. The fourth-order valence-corrected chi connectivity index (χ4v) is 10.1. The van der Waals surface area contributed by atoms with Crippen LogP contribution in [-0.4, -0.2) is 19.5 Å². The summed E-state index contributed by atoms with van der Waals surface area (Å²) < 4.78 is 11.6. The molecular formula is C53H30N4OS. The highest BCUT2D eigenvalue weighted by molar-refractivity contribution is 7.25. The van der Waals surface area contributed by atoms with Crippen molar-refractivity contribution in [1.82, 2.24) is 19.5 Å². The zero-order valence-corrected chi connectivity index (χ0v) is 32.2. The minimum absolute atomic E-state index is 0.548. The third-order valence-electron chi connectivity index (χ3n) is 11.8. The van der Waals surface area contributed by atoms with Crippen molar-refractivity contribution in [3.05, 3.63) is 182 Å². The molecule has 0 amide bonds. The number of rotatable bonds is 4. The van der Waals surface area contributed by atoms with Crippen LogP contribution in [0.3, 0.4) is 0 Å². The highest BCUT2D eigenvalue weighted by Crippen LogP contribution is 2.42. The molecule has 0 unspecified atom stereocenters. The first kappa shape index (κ1) is 32.4. The van der Waals surface area contributed by atoms with E-state index in [0.29, 0.717) is 17.5 Å². The monoisotopic (exact) mass is 770 g/mol. The molecule has 59 heavy (non-hydrogen) atoms. The lowest BCUT2D eigenvalue weighted by molar-refractivity contribution is 0.669. The lowest BCUT2D eigenvalue weighted by Gasteiger charge is -2.13. The highest BCUT2D eigenvalue weighted by atomic mass is 32.1. The molecule has 13 aromatic rings. The maximum atomic E-state index is 6.78. The van der Waals surface area contributed by atoms with Gasteiger partial charge in [0.1, 0.15) is 11.2 Å². The Morgan fingerprint density at radius 1 is 0.390 bits per heavy atom. The SMILES string of the molecule is c1ccc2cc(-c3nc(-c4ccc5c(c4)sc4ccccc45)nc(-c4cc(-n5c6ccccc6c6cc7ccccc7cc65)cc5c4oc4ccccc45)n3)ccc2c1. The van der Waals surface area contributed by atoms with E-state index in [4.69, 9.17) is 19.4 Å². The number of nitrogens with zero attached hydrogens (tertiary/aromatic N) is 4. The first-order valence-electron chi connectivity index (χ1n) is 19.8. The van der Waals surface area contributed by atoms with Crippen LogP contribution in [0.1, 0.15) is 0 Å². The minimum Gasteiger partial charge on any atom is -0.455 e. The Hall–Kier alpha value is -7.67. The lowest BCUT2D eigenvalue weighted by atomic mass is 10.0. The zero-order valence-electron chi connectivity index (χ0n) is 31.4. The third-order valence-corrected chi connectivity index (χ3v) is 12.9. The molecule has 6 heteroatoms. The Labute approximate surface area is 341 Å². The minimum atomic E-state index is 0.548. The van der Waals surface area contributed by atoms with Crippen LogP contribution in [0.2, 0.25) is 0 Å². The van der Waals surface area contributed by atoms with E-state index < -0.39 is 0 Å². The van der Waals surface area contributed by atoms with Crippen LogP contribution in [0.25, 0.3) is 125 Å². The van der Waals surface area contributed by atoms with E-state index in [-0.39, 0.29) is 0 Å². The predicted octanol–water partition coefficient (Wildman–Crippen LogP) is 14.5. The van der Waals surface area contributed by atoms with Gasteiger partial charge in [0.05, 0.1) is 16.6 Å². The molecule has 4 heterocycles. The molecule has 0 radical (unpaired) electrons. The second-order valence-electron chi connectivity index (χ2n) is 15.2. The maximum Gasteiger partial charge on any atom is 0.167 e. The van der Waals surface area contributed by atoms with Gasteiger partial charge in [0, 0.05) is 58.5 Å². The molecule has 0 aliphatic carbocycles. The Kier molecular flexibility index (Phi) is 6.82. The quantitative estimate of drug-likeness (QED) is 0.179. The van der Waals surface area contributed by atoms with Crippen LogP contribution < -0.4 is 0 Å². The summed E-state index contributed by atoms with van der Waals surface area (Å²) in [4.78, 5) is 15.9. The van der Waals surface area contributed by atoms with Crippen LogP contribution in [0.5, 0.6) is 0 Å². The molecule has 0 atom stereocenters. The normalized spacial score (nSPS) is 12.1. The van der Waals surface area contributed by atoms with Gasteiger partial charge in [-0.05, 0) is 76.1 Å². The molecule has 13 rings (SSSR count). The summed E-state index contributed by atoms with van der Waals surface area (Å²) in [7, 11) is 0. The average Bonchev–Trinajstić information content (AvgIpc) is 3.96. The molecule has 9 aromatic carbocycles. The van der Waals surface area contributed by atoms with E-state index in [1.165, 1.54) is 41.7 Å². The molecule has 4 aromatic heterocycles. The molecule has 0 fully saturated rings. The van der Waals surface area contributed by atoms with Gasteiger partial charge in [-0.1, -0.05) is 127 Å². The number of hydrogen-bond acceptors (Lipinski definition) is 5. The van der Waals surface area contributed by atoms with Gasteiger partial charge in [0.2, 0.25) is 0 Å². The largest absolute Gasteiger partial charge is 0.455 e. The van der Waals surface area contributed by atoms with Gasteiger partial charge in [-0.3, -0.25) is 0 Å². The molecular weight excluding hydrogens is 741 g/mol. The van der Waals surface area contributed by atoms with Crippen molar-refractivity contribution < 1.29 is 4.42 Å². The fourth-order valence-electron chi connectivity index (χ4n) is 8.99. The van der Waals surface area contributed by atoms with Gasteiger partial charge >= 0.3 is 0 Å². The summed E-state index contributed by atoms with van der Waals surface area (Å²) in [6, 6.07) is 64.5. The first-order valence-corrected chi connectivity index (χ1v) is 20.6. The molecule has 0 spiro atoms. The van der Waals surface area contributed by atoms with Crippen LogP contribution in [-0.2, 0) is 0 Å². The second kappa shape index (κ2) is 12.4. The number of fused-ring (bicyclic) bond motifs is 11. The van der Waals surface area contributed by atoms with Gasteiger partial charge < -0.3 is 8.98 Å². The van der Waals surface area contributed by atoms with Gasteiger partial charge in [-0.2, -0.15) is 0 Å². The zero-order chi connectivity index (χ0) is 38.6. The number of aromatic nitrogens is 4. The number of furan rings is 1.